The molecule has 0 bridgehead atoms. The minimum atomic E-state index is -0.550. The Labute approximate surface area is 144 Å². The molecule has 0 atom stereocenters. The van der Waals surface area contributed by atoms with Crippen molar-refractivity contribution in [2.75, 3.05) is 6.61 Å². The van der Waals surface area contributed by atoms with E-state index >= 15 is 0 Å². The zero-order valence-electron chi connectivity index (χ0n) is 13.7. The van der Waals surface area contributed by atoms with Crippen LogP contribution in [0.25, 0.3) is 0 Å². The van der Waals surface area contributed by atoms with Gasteiger partial charge in [0.15, 0.2) is 5.69 Å². The Morgan fingerprint density at radius 2 is 2.20 bits per heavy atom. The normalized spacial score (nSPS) is 16.6. The van der Waals surface area contributed by atoms with E-state index in [1.165, 1.54) is 12.8 Å². The third-order valence-electron chi connectivity index (χ3n) is 4.69. The maximum absolute atomic E-state index is 13.7. The molecular weight excluding hydrogens is 328 g/mol. The second-order valence-corrected chi connectivity index (χ2v) is 6.62. The van der Waals surface area contributed by atoms with Crippen molar-refractivity contribution >= 4 is 5.91 Å². The summed E-state index contributed by atoms with van der Waals surface area (Å²) < 4.78 is 34.3. The van der Waals surface area contributed by atoms with Gasteiger partial charge in [-0.25, -0.2) is 8.78 Å². The number of nitrogens with one attached hydrogen (secondary N) is 1. The Kier molecular flexibility index (Phi) is 4.25. The molecule has 0 unspecified atom stereocenters. The number of benzene rings is 1. The molecule has 0 saturated heterocycles. The molecule has 0 radical (unpaired) electrons. The number of nitrogens with zero attached hydrogens (tertiary/aromatic N) is 2. The third kappa shape index (κ3) is 3.42. The van der Waals surface area contributed by atoms with Gasteiger partial charge in [-0.05, 0) is 37.0 Å². The Hall–Kier alpha value is -2.28. The molecule has 5 nitrogen and oxygen atoms in total. The van der Waals surface area contributed by atoms with Gasteiger partial charge in [0.2, 0.25) is 0 Å². The fourth-order valence-corrected chi connectivity index (χ4v) is 3.13. The monoisotopic (exact) mass is 347 g/mol. The number of carbonyl (C=O) groups excluding carboxylic acids is 1. The predicted octanol–water partition coefficient (Wildman–Crippen LogP) is 2.57. The van der Waals surface area contributed by atoms with E-state index < -0.39 is 11.6 Å². The van der Waals surface area contributed by atoms with Gasteiger partial charge in [-0.15, -0.1) is 0 Å². The van der Waals surface area contributed by atoms with Crippen LogP contribution in [0, 0.1) is 17.6 Å². The summed E-state index contributed by atoms with van der Waals surface area (Å²) in [5.41, 5.74) is 2.30. The second kappa shape index (κ2) is 6.55. The maximum atomic E-state index is 13.7. The molecule has 0 spiro atoms. The lowest BCUT2D eigenvalue weighted by atomic mass is 10.1. The number of aromatic nitrogens is 2. The zero-order valence-corrected chi connectivity index (χ0v) is 13.7. The van der Waals surface area contributed by atoms with Crippen LogP contribution in [-0.4, -0.2) is 22.3 Å². The first kappa shape index (κ1) is 16.2. The van der Waals surface area contributed by atoms with Gasteiger partial charge >= 0.3 is 0 Å². The van der Waals surface area contributed by atoms with Gasteiger partial charge in [0.25, 0.3) is 5.91 Å². The van der Waals surface area contributed by atoms with E-state index in [1.807, 2.05) is 4.68 Å². The molecule has 1 fully saturated rings. The minimum Gasteiger partial charge on any atom is -0.376 e. The fourth-order valence-electron chi connectivity index (χ4n) is 3.13. The predicted molar refractivity (Wildman–Crippen MR) is 85.8 cm³/mol. The van der Waals surface area contributed by atoms with Crippen molar-refractivity contribution in [2.45, 2.75) is 39.0 Å². The molecule has 132 valence electrons. The molecule has 1 saturated carbocycles. The summed E-state index contributed by atoms with van der Waals surface area (Å²) in [5.74, 6) is -0.833. The summed E-state index contributed by atoms with van der Waals surface area (Å²) >= 11 is 0. The molecule has 1 amide bonds. The summed E-state index contributed by atoms with van der Waals surface area (Å²) in [6.07, 6.45) is 3.14. The van der Waals surface area contributed by atoms with Crippen molar-refractivity contribution in [2.24, 2.45) is 5.92 Å². The molecular formula is C18H19F2N3O2. The highest BCUT2D eigenvalue weighted by Gasteiger charge is 2.29. The van der Waals surface area contributed by atoms with Gasteiger partial charge in [-0.3, -0.25) is 9.48 Å². The number of fused-ring (bicyclic) bond motifs is 1. The lowest BCUT2D eigenvalue weighted by molar-refractivity contribution is 0.0922. The van der Waals surface area contributed by atoms with Crippen LogP contribution < -0.4 is 5.32 Å². The Balaban J connectivity index is 1.53. The molecule has 2 aliphatic rings. The van der Waals surface area contributed by atoms with Crippen molar-refractivity contribution in [3.63, 3.8) is 0 Å². The van der Waals surface area contributed by atoms with E-state index in [0.717, 1.165) is 42.4 Å². The van der Waals surface area contributed by atoms with E-state index in [4.69, 9.17) is 4.74 Å². The average Bonchev–Trinajstić information content (AvgIpc) is 3.36. The molecule has 2 heterocycles. The van der Waals surface area contributed by atoms with E-state index in [1.54, 1.807) is 0 Å². The van der Waals surface area contributed by atoms with E-state index in [0.29, 0.717) is 24.8 Å². The minimum absolute atomic E-state index is 0.0897. The zero-order chi connectivity index (χ0) is 17.4. The van der Waals surface area contributed by atoms with Crippen LogP contribution in [0.3, 0.4) is 0 Å². The molecule has 4 rings (SSSR count). The fraction of sp³-hybridized carbons (Fsp3) is 0.444. The van der Waals surface area contributed by atoms with Gasteiger partial charge in [-0.2, -0.15) is 5.10 Å². The van der Waals surface area contributed by atoms with Crippen LogP contribution in [0.2, 0.25) is 0 Å². The summed E-state index contributed by atoms with van der Waals surface area (Å²) in [5, 5.41) is 7.12. The number of amides is 1. The first-order valence-corrected chi connectivity index (χ1v) is 8.50. The lowest BCUT2D eigenvalue weighted by Crippen LogP contribution is -2.25. The molecule has 1 aliphatic carbocycles. The number of hydrogen-bond donors (Lipinski definition) is 1. The Bertz CT molecular complexity index is 815. The number of hydrogen-bond acceptors (Lipinski definition) is 3. The van der Waals surface area contributed by atoms with Crippen LogP contribution in [0.1, 0.15) is 40.2 Å². The molecule has 1 aromatic carbocycles. The van der Waals surface area contributed by atoms with Crippen LogP contribution in [-0.2, 0) is 30.9 Å². The summed E-state index contributed by atoms with van der Waals surface area (Å²) in [6.45, 7) is 1.72. The van der Waals surface area contributed by atoms with Crippen molar-refractivity contribution in [1.82, 2.24) is 15.1 Å². The number of carbonyl (C=O) groups is 1. The SMILES string of the molecule is O=C(NCc1cc(F)ccc1F)c1nn(CC2CC2)c2c1COCC2. The second-order valence-electron chi connectivity index (χ2n) is 6.62. The highest BCUT2D eigenvalue weighted by atomic mass is 19.1. The number of ether oxygens (including phenoxy) is 1. The van der Waals surface area contributed by atoms with Crippen LogP contribution in [0.5, 0.6) is 0 Å². The Morgan fingerprint density at radius 1 is 1.36 bits per heavy atom. The van der Waals surface area contributed by atoms with Gasteiger partial charge in [-0.1, -0.05) is 0 Å². The molecule has 1 aliphatic heterocycles. The summed E-state index contributed by atoms with van der Waals surface area (Å²) in [4.78, 5) is 12.5. The molecule has 7 heteroatoms. The van der Waals surface area contributed by atoms with Crippen LogP contribution >= 0.6 is 0 Å². The molecule has 2 aromatic rings. The average molecular weight is 347 g/mol. The highest BCUT2D eigenvalue weighted by Crippen LogP contribution is 2.32. The first-order valence-electron chi connectivity index (χ1n) is 8.50. The van der Waals surface area contributed by atoms with Gasteiger partial charge in [0, 0.05) is 36.3 Å². The van der Waals surface area contributed by atoms with Crippen molar-refractivity contribution in [3.05, 3.63) is 52.3 Å². The Morgan fingerprint density at radius 3 is 3.00 bits per heavy atom. The smallest absolute Gasteiger partial charge is 0.272 e. The van der Waals surface area contributed by atoms with E-state index in [9.17, 15) is 13.6 Å². The van der Waals surface area contributed by atoms with E-state index in [-0.39, 0.29) is 18.0 Å². The van der Waals surface area contributed by atoms with Crippen molar-refractivity contribution in [3.8, 4) is 0 Å². The summed E-state index contributed by atoms with van der Waals surface area (Å²) in [7, 11) is 0. The van der Waals surface area contributed by atoms with Crippen LogP contribution in [0.15, 0.2) is 18.2 Å². The highest BCUT2D eigenvalue weighted by molar-refractivity contribution is 5.94. The van der Waals surface area contributed by atoms with Gasteiger partial charge in [0.05, 0.1) is 13.2 Å². The first-order chi connectivity index (χ1) is 12.1. The van der Waals surface area contributed by atoms with Crippen molar-refractivity contribution in [1.29, 1.82) is 0 Å². The number of rotatable bonds is 5. The topological polar surface area (TPSA) is 56.2 Å². The molecule has 25 heavy (non-hydrogen) atoms. The number of halogens is 2. The van der Waals surface area contributed by atoms with Gasteiger partial charge in [0.1, 0.15) is 11.6 Å². The summed E-state index contributed by atoms with van der Waals surface area (Å²) in [6, 6.07) is 3.19. The van der Waals surface area contributed by atoms with Crippen LogP contribution in [0.4, 0.5) is 8.78 Å². The quantitative estimate of drug-likeness (QED) is 0.904. The maximum Gasteiger partial charge on any atom is 0.272 e. The van der Waals surface area contributed by atoms with Gasteiger partial charge < -0.3 is 10.1 Å². The van der Waals surface area contributed by atoms with Crippen molar-refractivity contribution < 1.29 is 18.3 Å². The third-order valence-corrected chi connectivity index (χ3v) is 4.69. The molecule has 1 aromatic heterocycles. The molecule has 1 N–H and O–H groups in total. The lowest BCUT2D eigenvalue weighted by Gasteiger charge is -2.15. The van der Waals surface area contributed by atoms with E-state index in [2.05, 4.69) is 10.4 Å². The standard InChI is InChI=1S/C18H19F2N3O2/c19-13-3-4-15(20)12(7-13)8-21-18(24)17-14-10-25-6-5-16(14)23(22-17)9-11-1-2-11/h3-4,7,11H,1-2,5-6,8-10H2,(H,21,24). The largest absolute Gasteiger partial charge is 0.376 e.